The van der Waals surface area contributed by atoms with Gasteiger partial charge in [0.2, 0.25) is 0 Å². The summed E-state index contributed by atoms with van der Waals surface area (Å²) in [4.78, 5) is 26.2. The lowest BCUT2D eigenvalue weighted by Gasteiger charge is -2.14. The number of benzene rings is 2. The van der Waals surface area contributed by atoms with Crippen LogP contribution in [-0.4, -0.2) is 29.4 Å². The third-order valence-electron chi connectivity index (χ3n) is 3.72. The molecule has 144 valence electrons. The van der Waals surface area contributed by atoms with Crippen LogP contribution in [-0.2, 0) is 14.3 Å². The molecule has 1 saturated heterocycles. The minimum atomic E-state index is -0.414. The summed E-state index contributed by atoms with van der Waals surface area (Å²) in [5, 5.41) is 0. The number of carbonyl (C=O) groups excluding carboxylic acids is 2. The molecule has 1 aliphatic rings. The van der Waals surface area contributed by atoms with Crippen LogP contribution in [0.15, 0.2) is 57.9 Å². The molecule has 1 heterocycles. The molecule has 1 fully saturated rings. The van der Waals surface area contributed by atoms with Crippen LogP contribution in [0.25, 0.3) is 6.08 Å². The first kappa shape index (κ1) is 20.6. The molecule has 0 radical (unpaired) electrons. The van der Waals surface area contributed by atoms with Crippen LogP contribution in [0.4, 0.5) is 5.69 Å². The van der Waals surface area contributed by atoms with Gasteiger partial charge in [0.15, 0.2) is 10.9 Å². The SMILES string of the molecule is CCOC(=O)COc1ccc(/C=C2\SC(=S)N(c3ccc(Br)cc3)C2=O)cc1. The van der Waals surface area contributed by atoms with Gasteiger partial charge in [-0.15, -0.1) is 0 Å². The third-order valence-corrected chi connectivity index (χ3v) is 5.55. The van der Waals surface area contributed by atoms with Crippen molar-refractivity contribution in [2.45, 2.75) is 6.92 Å². The highest BCUT2D eigenvalue weighted by Gasteiger charge is 2.33. The molecule has 0 aromatic heterocycles. The van der Waals surface area contributed by atoms with Crippen LogP contribution in [0.1, 0.15) is 12.5 Å². The van der Waals surface area contributed by atoms with Gasteiger partial charge in [0.25, 0.3) is 5.91 Å². The lowest BCUT2D eigenvalue weighted by atomic mass is 10.2. The van der Waals surface area contributed by atoms with Crippen molar-refractivity contribution >= 4 is 67.9 Å². The largest absolute Gasteiger partial charge is 0.482 e. The van der Waals surface area contributed by atoms with E-state index in [-0.39, 0.29) is 12.5 Å². The molecule has 1 aliphatic heterocycles. The number of amides is 1. The number of carbonyl (C=O) groups is 2. The molecule has 1 amide bonds. The van der Waals surface area contributed by atoms with E-state index in [4.69, 9.17) is 21.7 Å². The lowest BCUT2D eigenvalue weighted by Crippen LogP contribution is -2.27. The van der Waals surface area contributed by atoms with E-state index >= 15 is 0 Å². The quantitative estimate of drug-likeness (QED) is 0.338. The molecule has 0 atom stereocenters. The van der Waals surface area contributed by atoms with Crippen molar-refractivity contribution in [3.05, 3.63) is 63.5 Å². The molecule has 0 saturated carbocycles. The highest BCUT2D eigenvalue weighted by molar-refractivity contribution is 9.10. The molecule has 5 nitrogen and oxygen atoms in total. The first-order valence-electron chi connectivity index (χ1n) is 8.40. The van der Waals surface area contributed by atoms with E-state index in [0.717, 1.165) is 15.7 Å². The predicted octanol–water partition coefficient (Wildman–Crippen LogP) is 4.80. The van der Waals surface area contributed by atoms with E-state index in [1.807, 2.05) is 36.4 Å². The molecule has 0 spiro atoms. The van der Waals surface area contributed by atoms with Crippen molar-refractivity contribution in [3.8, 4) is 5.75 Å². The number of anilines is 1. The second-order valence-electron chi connectivity index (χ2n) is 5.66. The number of hydrogen-bond acceptors (Lipinski definition) is 6. The molecule has 0 unspecified atom stereocenters. The number of nitrogens with zero attached hydrogens (tertiary/aromatic N) is 1. The Morgan fingerprint density at radius 3 is 2.50 bits per heavy atom. The van der Waals surface area contributed by atoms with Crippen molar-refractivity contribution < 1.29 is 19.1 Å². The van der Waals surface area contributed by atoms with E-state index in [9.17, 15) is 9.59 Å². The molecule has 2 aromatic carbocycles. The average Bonchev–Trinajstić information content (AvgIpc) is 2.95. The van der Waals surface area contributed by atoms with Gasteiger partial charge in [0, 0.05) is 4.47 Å². The lowest BCUT2D eigenvalue weighted by molar-refractivity contribution is -0.145. The molecule has 28 heavy (non-hydrogen) atoms. The highest BCUT2D eigenvalue weighted by atomic mass is 79.9. The summed E-state index contributed by atoms with van der Waals surface area (Å²) >= 11 is 10.0. The second-order valence-corrected chi connectivity index (χ2v) is 8.25. The summed E-state index contributed by atoms with van der Waals surface area (Å²) in [5.74, 6) is -0.0178. The fourth-order valence-electron chi connectivity index (χ4n) is 2.44. The van der Waals surface area contributed by atoms with E-state index in [1.165, 1.54) is 16.7 Å². The van der Waals surface area contributed by atoms with Crippen LogP contribution < -0.4 is 9.64 Å². The Bertz CT molecular complexity index is 926. The zero-order valence-corrected chi connectivity index (χ0v) is 18.1. The van der Waals surface area contributed by atoms with Crippen LogP contribution >= 0.6 is 39.9 Å². The van der Waals surface area contributed by atoms with Crippen molar-refractivity contribution in [1.29, 1.82) is 0 Å². The first-order chi connectivity index (χ1) is 13.5. The Kier molecular flexibility index (Phi) is 6.88. The summed E-state index contributed by atoms with van der Waals surface area (Å²) < 4.78 is 11.6. The topological polar surface area (TPSA) is 55.8 Å². The summed E-state index contributed by atoms with van der Waals surface area (Å²) in [6.45, 7) is 1.92. The zero-order chi connectivity index (χ0) is 20.1. The van der Waals surface area contributed by atoms with Gasteiger partial charge in [-0.1, -0.05) is 52.0 Å². The highest BCUT2D eigenvalue weighted by Crippen LogP contribution is 2.36. The van der Waals surface area contributed by atoms with Gasteiger partial charge in [-0.25, -0.2) is 4.79 Å². The molecule has 3 rings (SSSR count). The summed E-state index contributed by atoms with van der Waals surface area (Å²) in [6, 6.07) is 14.5. The maximum atomic E-state index is 12.8. The molecular formula is C20H16BrNO4S2. The third kappa shape index (κ3) is 5.01. The van der Waals surface area contributed by atoms with Gasteiger partial charge in [-0.05, 0) is 55.0 Å². The Balaban J connectivity index is 1.69. The normalized spacial score (nSPS) is 15.2. The van der Waals surface area contributed by atoms with Gasteiger partial charge in [-0.2, -0.15) is 0 Å². The molecular weight excluding hydrogens is 462 g/mol. The maximum absolute atomic E-state index is 12.8. The fourth-order valence-corrected chi connectivity index (χ4v) is 4.00. The van der Waals surface area contributed by atoms with Crippen molar-refractivity contribution in [3.63, 3.8) is 0 Å². The Morgan fingerprint density at radius 1 is 1.18 bits per heavy atom. The Hall–Kier alpha value is -2.16. The summed E-state index contributed by atoms with van der Waals surface area (Å²) in [5.41, 5.74) is 1.57. The summed E-state index contributed by atoms with van der Waals surface area (Å²) in [6.07, 6.45) is 1.79. The Morgan fingerprint density at radius 2 is 1.86 bits per heavy atom. The number of esters is 1. The number of rotatable bonds is 6. The van der Waals surface area contributed by atoms with Crippen LogP contribution in [0.2, 0.25) is 0 Å². The predicted molar refractivity (Wildman–Crippen MR) is 118 cm³/mol. The average molecular weight is 478 g/mol. The Labute approximate surface area is 180 Å². The van der Waals surface area contributed by atoms with E-state index < -0.39 is 5.97 Å². The summed E-state index contributed by atoms with van der Waals surface area (Å²) in [7, 11) is 0. The van der Waals surface area contributed by atoms with Crippen LogP contribution in [0.3, 0.4) is 0 Å². The van der Waals surface area contributed by atoms with Gasteiger partial charge >= 0.3 is 5.97 Å². The monoisotopic (exact) mass is 477 g/mol. The van der Waals surface area contributed by atoms with Crippen LogP contribution in [0.5, 0.6) is 5.75 Å². The zero-order valence-electron chi connectivity index (χ0n) is 14.9. The van der Waals surface area contributed by atoms with Crippen molar-refractivity contribution in [1.82, 2.24) is 0 Å². The van der Waals surface area contributed by atoms with Gasteiger partial charge in [0.1, 0.15) is 5.75 Å². The molecule has 0 bridgehead atoms. The molecule has 0 N–H and O–H groups in total. The number of halogens is 1. The first-order valence-corrected chi connectivity index (χ1v) is 10.4. The standard InChI is InChI=1S/C20H16BrNO4S2/c1-2-25-18(23)12-26-16-9-3-13(4-10-16)11-17-19(24)22(20(27)28-17)15-7-5-14(21)6-8-15/h3-11H,2,12H2,1H3/b17-11-. The van der Waals surface area contributed by atoms with Gasteiger partial charge in [0.05, 0.1) is 17.2 Å². The van der Waals surface area contributed by atoms with Gasteiger partial charge < -0.3 is 9.47 Å². The maximum Gasteiger partial charge on any atom is 0.344 e. The minimum Gasteiger partial charge on any atom is -0.482 e. The van der Waals surface area contributed by atoms with Crippen molar-refractivity contribution in [2.24, 2.45) is 0 Å². The fraction of sp³-hybridized carbons (Fsp3) is 0.150. The molecule has 0 aliphatic carbocycles. The number of ether oxygens (including phenoxy) is 2. The number of hydrogen-bond donors (Lipinski definition) is 0. The molecule has 2 aromatic rings. The van der Waals surface area contributed by atoms with Crippen molar-refractivity contribution in [2.75, 3.05) is 18.1 Å². The van der Waals surface area contributed by atoms with E-state index in [0.29, 0.717) is 21.6 Å². The second kappa shape index (κ2) is 9.36. The van der Waals surface area contributed by atoms with E-state index in [1.54, 1.807) is 25.1 Å². The molecule has 8 heteroatoms. The number of thiocarbonyl (C=S) groups is 1. The van der Waals surface area contributed by atoms with Crippen LogP contribution in [0, 0.1) is 0 Å². The van der Waals surface area contributed by atoms with E-state index in [2.05, 4.69) is 15.9 Å². The van der Waals surface area contributed by atoms with Gasteiger partial charge in [-0.3, -0.25) is 9.69 Å². The smallest absolute Gasteiger partial charge is 0.344 e. The number of thioether (sulfide) groups is 1. The minimum absolute atomic E-state index is 0.140.